The van der Waals surface area contributed by atoms with E-state index < -0.39 is 22.0 Å². The highest BCUT2D eigenvalue weighted by Gasteiger charge is 2.19. The van der Waals surface area contributed by atoms with E-state index in [1.54, 1.807) is 73.0 Å². The number of non-ortho nitro benzene ring substituents is 1. The van der Waals surface area contributed by atoms with E-state index in [1.165, 1.54) is 35.2 Å². The van der Waals surface area contributed by atoms with E-state index in [4.69, 9.17) is 0 Å². The van der Waals surface area contributed by atoms with Gasteiger partial charge in [0, 0.05) is 39.2 Å². The molecule has 0 bridgehead atoms. The first-order chi connectivity index (χ1) is 23.5. The third-order valence-corrected chi connectivity index (χ3v) is 9.16. The van der Waals surface area contributed by atoms with Crippen LogP contribution in [0.25, 0.3) is 17.3 Å². The number of nitro groups is 1. The Morgan fingerprint density at radius 3 is 2.33 bits per heavy atom. The average molecular weight is 692 g/mol. The van der Waals surface area contributed by atoms with Crippen LogP contribution >= 0.6 is 23.1 Å². The highest BCUT2D eigenvalue weighted by molar-refractivity contribution is 8.00. The molecule has 1 heterocycles. The molecule has 3 amide bonds. The topological polar surface area (TPSA) is 143 Å². The summed E-state index contributed by atoms with van der Waals surface area (Å²) in [6.45, 7) is 5.96. The molecule has 0 spiro atoms. The second-order valence-corrected chi connectivity index (χ2v) is 13.5. The first kappa shape index (κ1) is 34.7. The summed E-state index contributed by atoms with van der Waals surface area (Å²) in [5.74, 6) is -0.849. The lowest BCUT2D eigenvalue weighted by Crippen LogP contribution is -2.30. The lowest BCUT2D eigenvalue weighted by atomic mass is 10.0. The molecule has 10 nitrogen and oxygen atoms in total. The molecule has 248 valence electrons. The van der Waals surface area contributed by atoms with Crippen LogP contribution in [0.4, 0.5) is 16.5 Å². The second kappa shape index (κ2) is 16.0. The number of thiazole rings is 1. The van der Waals surface area contributed by atoms with Crippen LogP contribution in [-0.4, -0.2) is 32.9 Å². The van der Waals surface area contributed by atoms with E-state index in [1.807, 2.05) is 36.4 Å². The monoisotopic (exact) mass is 691 g/mol. The SMILES string of the molecule is CC(Sc1cccc(NC(=O)/C(=C\c2ccc(C(C)C)cc2)NC(=O)c2ccccc2)c1)C(=O)Nc1nc(-c2cccc([N+](=O)[O-])c2)cs1. The summed E-state index contributed by atoms with van der Waals surface area (Å²) in [6, 6.07) is 29.7. The molecule has 0 aliphatic heterocycles. The van der Waals surface area contributed by atoms with Crippen LogP contribution in [0.5, 0.6) is 0 Å². The number of carbonyl (C=O) groups is 3. The number of aromatic nitrogens is 1. The minimum Gasteiger partial charge on any atom is -0.321 e. The minimum absolute atomic E-state index is 0.0416. The van der Waals surface area contributed by atoms with Crippen LogP contribution in [0.1, 0.15) is 48.2 Å². The van der Waals surface area contributed by atoms with Crippen molar-refractivity contribution in [3.63, 3.8) is 0 Å². The molecule has 1 aromatic heterocycles. The van der Waals surface area contributed by atoms with Crippen molar-refractivity contribution < 1.29 is 19.3 Å². The standard InChI is InChI=1S/C37H33N5O5S2/c1-23(2)26-17-15-25(16-18-26)19-32(39-35(44)27-9-5-4-6-10-27)36(45)38-29-12-8-14-31(21-29)49-24(3)34(43)41-37-40-33(22-48-37)28-11-7-13-30(20-28)42(46)47/h4-24H,1-3H3,(H,38,45)(H,39,44)(H,40,41,43)/b32-19+. The number of nitro benzene ring substituents is 1. The number of nitrogens with one attached hydrogen (secondary N) is 3. The Kier molecular flexibility index (Phi) is 11.3. The van der Waals surface area contributed by atoms with Gasteiger partial charge in [-0.15, -0.1) is 23.1 Å². The number of anilines is 2. The van der Waals surface area contributed by atoms with Gasteiger partial charge in [-0.05, 0) is 60.4 Å². The van der Waals surface area contributed by atoms with Crippen LogP contribution in [0.3, 0.4) is 0 Å². The molecule has 1 atom stereocenters. The van der Waals surface area contributed by atoms with Crippen molar-refractivity contribution in [3.05, 3.63) is 141 Å². The summed E-state index contributed by atoms with van der Waals surface area (Å²) in [5.41, 5.74) is 3.95. The third-order valence-electron chi connectivity index (χ3n) is 7.30. The van der Waals surface area contributed by atoms with Crippen molar-refractivity contribution in [3.8, 4) is 11.3 Å². The average Bonchev–Trinajstić information content (AvgIpc) is 3.57. The van der Waals surface area contributed by atoms with Gasteiger partial charge < -0.3 is 16.0 Å². The quantitative estimate of drug-likeness (QED) is 0.0516. The summed E-state index contributed by atoms with van der Waals surface area (Å²) in [4.78, 5) is 55.4. The van der Waals surface area contributed by atoms with Gasteiger partial charge in [-0.25, -0.2) is 4.98 Å². The van der Waals surface area contributed by atoms with Gasteiger partial charge in [0.05, 0.1) is 15.9 Å². The maximum absolute atomic E-state index is 13.6. The highest BCUT2D eigenvalue weighted by atomic mass is 32.2. The molecular weight excluding hydrogens is 659 g/mol. The first-order valence-electron chi connectivity index (χ1n) is 15.3. The Balaban J connectivity index is 1.26. The molecule has 0 saturated carbocycles. The lowest BCUT2D eigenvalue weighted by molar-refractivity contribution is -0.384. The smallest absolute Gasteiger partial charge is 0.272 e. The van der Waals surface area contributed by atoms with Gasteiger partial charge in [-0.2, -0.15) is 0 Å². The normalized spacial score (nSPS) is 11.9. The second-order valence-electron chi connectivity index (χ2n) is 11.3. The summed E-state index contributed by atoms with van der Waals surface area (Å²) in [6.07, 6.45) is 1.63. The molecule has 5 aromatic rings. The van der Waals surface area contributed by atoms with Crippen LogP contribution in [0.2, 0.25) is 0 Å². The number of nitrogens with zero attached hydrogens (tertiary/aromatic N) is 2. The van der Waals surface area contributed by atoms with Gasteiger partial charge in [0.1, 0.15) is 5.70 Å². The molecule has 0 aliphatic rings. The largest absolute Gasteiger partial charge is 0.321 e. The Labute approximate surface area is 291 Å². The molecule has 49 heavy (non-hydrogen) atoms. The number of benzene rings is 4. The molecule has 4 aromatic carbocycles. The van der Waals surface area contributed by atoms with E-state index in [-0.39, 0.29) is 17.3 Å². The third kappa shape index (κ3) is 9.49. The van der Waals surface area contributed by atoms with Gasteiger partial charge in [0.25, 0.3) is 17.5 Å². The van der Waals surface area contributed by atoms with Gasteiger partial charge in [-0.1, -0.05) is 74.5 Å². The number of hydrogen-bond acceptors (Lipinski definition) is 8. The fourth-order valence-corrected chi connectivity index (χ4v) is 6.29. The van der Waals surface area contributed by atoms with Crippen LogP contribution in [0, 0.1) is 10.1 Å². The summed E-state index contributed by atoms with van der Waals surface area (Å²) in [7, 11) is 0. The molecule has 3 N–H and O–H groups in total. The van der Waals surface area contributed by atoms with Gasteiger partial charge >= 0.3 is 0 Å². The Hall–Kier alpha value is -5.59. The Morgan fingerprint density at radius 2 is 1.61 bits per heavy atom. The molecule has 0 fully saturated rings. The number of rotatable bonds is 12. The Bertz CT molecular complexity index is 2010. The maximum atomic E-state index is 13.6. The van der Waals surface area contributed by atoms with Crippen LogP contribution < -0.4 is 16.0 Å². The van der Waals surface area contributed by atoms with Crippen molar-refractivity contribution in [2.75, 3.05) is 10.6 Å². The predicted octanol–water partition coefficient (Wildman–Crippen LogP) is 8.37. The van der Waals surface area contributed by atoms with Gasteiger partial charge in [-0.3, -0.25) is 24.5 Å². The van der Waals surface area contributed by atoms with E-state index in [0.29, 0.717) is 33.6 Å². The van der Waals surface area contributed by atoms with E-state index in [2.05, 4.69) is 34.8 Å². The van der Waals surface area contributed by atoms with Crippen molar-refractivity contribution in [2.24, 2.45) is 0 Å². The van der Waals surface area contributed by atoms with Crippen molar-refractivity contribution in [1.82, 2.24) is 10.3 Å². The summed E-state index contributed by atoms with van der Waals surface area (Å²) in [5, 5.41) is 21.2. The zero-order chi connectivity index (χ0) is 34.9. The fraction of sp³-hybridized carbons (Fsp3) is 0.135. The molecule has 0 aliphatic carbocycles. The Morgan fingerprint density at radius 1 is 0.878 bits per heavy atom. The molecule has 12 heteroatoms. The van der Waals surface area contributed by atoms with E-state index >= 15 is 0 Å². The molecule has 0 saturated heterocycles. The van der Waals surface area contributed by atoms with Gasteiger partial charge in [0.2, 0.25) is 5.91 Å². The molecular formula is C37H33N5O5S2. The number of thioether (sulfide) groups is 1. The number of amides is 3. The molecule has 5 rings (SSSR count). The summed E-state index contributed by atoms with van der Waals surface area (Å²) >= 11 is 2.52. The predicted molar refractivity (Wildman–Crippen MR) is 196 cm³/mol. The van der Waals surface area contributed by atoms with E-state index in [9.17, 15) is 24.5 Å². The number of hydrogen-bond donors (Lipinski definition) is 3. The van der Waals surface area contributed by atoms with Crippen molar-refractivity contribution in [1.29, 1.82) is 0 Å². The molecule has 0 radical (unpaired) electrons. The minimum atomic E-state index is -0.523. The van der Waals surface area contributed by atoms with Crippen LogP contribution in [0.15, 0.2) is 119 Å². The fourth-order valence-electron chi connectivity index (χ4n) is 4.64. The van der Waals surface area contributed by atoms with Crippen molar-refractivity contribution in [2.45, 2.75) is 36.8 Å². The lowest BCUT2D eigenvalue weighted by Gasteiger charge is -2.14. The van der Waals surface area contributed by atoms with Crippen LogP contribution in [-0.2, 0) is 9.59 Å². The van der Waals surface area contributed by atoms with E-state index in [0.717, 1.165) is 16.0 Å². The highest BCUT2D eigenvalue weighted by Crippen LogP contribution is 2.30. The van der Waals surface area contributed by atoms with Crippen molar-refractivity contribution >= 4 is 63.4 Å². The number of carbonyl (C=O) groups excluding carboxylic acids is 3. The van der Waals surface area contributed by atoms with Gasteiger partial charge in [0.15, 0.2) is 5.13 Å². The first-order valence-corrected chi connectivity index (χ1v) is 17.1. The summed E-state index contributed by atoms with van der Waals surface area (Å²) < 4.78 is 0. The molecule has 1 unspecified atom stereocenters. The zero-order valence-electron chi connectivity index (χ0n) is 26.9. The zero-order valence-corrected chi connectivity index (χ0v) is 28.5. The maximum Gasteiger partial charge on any atom is 0.272 e.